The van der Waals surface area contributed by atoms with Crippen molar-refractivity contribution in [2.75, 3.05) is 25.6 Å². The molecule has 1 fully saturated rings. The standard InChI is InChI=1S/C19H18FN3O4S.CH4/c1-10-15-17(21-9-22-18(15)28-16(10)19(24)25-2)23-13-4-3-11(20)7-14(13)27-12-5-6-26-8-12;/h3-4,7,9,12H,5-6,8H2,1-2H3,(H,21,22,23);1H4/t12-;/m0./s1. The van der Waals surface area contributed by atoms with Crippen LogP contribution in [0.2, 0.25) is 0 Å². The Kier molecular flexibility index (Phi) is 6.29. The third-order valence-corrected chi connectivity index (χ3v) is 5.66. The van der Waals surface area contributed by atoms with E-state index in [1.807, 2.05) is 6.92 Å². The Bertz CT molecular complexity index is 1030. The van der Waals surface area contributed by atoms with E-state index in [2.05, 4.69) is 15.3 Å². The van der Waals surface area contributed by atoms with E-state index in [0.29, 0.717) is 45.6 Å². The van der Waals surface area contributed by atoms with Crippen LogP contribution in [-0.2, 0) is 9.47 Å². The third kappa shape index (κ3) is 4.15. The predicted molar refractivity (Wildman–Crippen MR) is 110 cm³/mol. The van der Waals surface area contributed by atoms with E-state index in [1.165, 1.54) is 36.9 Å². The smallest absolute Gasteiger partial charge is 0.348 e. The van der Waals surface area contributed by atoms with E-state index in [0.717, 1.165) is 12.0 Å². The van der Waals surface area contributed by atoms with Gasteiger partial charge < -0.3 is 19.5 Å². The lowest BCUT2D eigenvalue weighted by Crippen LogP contribution is -2.16. The fourth-order valence-electron chi connectivity index (χ4n) is 3.06. The molecule has 29 heavy (non-hydrogen) atoms. The number of hydrogen-bond acceptors (Lipinski definition) is 8. The molecule has 0 radical (unpaired) electrons. The van der Waals surface area contributed by atoms with Crippen molar-refractivity contribution in [2.24, 2.45) is 0 Å². The van der Waals surface area contributed by atoms with Gasteiger partial charge in [0, 0.05) is 12.5 Å². The molecule has 0 aliphatic carbocycles. The first-order chi connectivity index (χ1) is 13.6. The molecule has 3 aromatic rings. The van der Waals surface area contributed by atoms with Gasteiger partial charge in [-0.25, -0.2) is 19.2 Å². The molecule has 0 unspecified atom stereocenters. The van der Waals surface area contributed by atoms with Crippen LogP contribution in [0.4, 0.5) is 15.9 Å². The number of aryl methyl sites for hydroxylation is 1. The molecule has 2 aromatic heterocycles. The lowest BCUT2D eigenvalue weighted by atomic mass is 10.2. The molecule has 0 amide bonds. The number of methoxy groups -OCH3 is 1. The molecule has 1 aromatic carbocycles. The van der Waals surface area contributed by atoms with E-state index in [4.69, 9.17) is 14.2 Å². The van der Waals surface area contributed by atoms with Crippen molar-refractivity contribution >= 4 is 39.0 Å². The molecule has 9 heteroatoms. The van der Waals surface area contributed by atoms with Crippen LogP contribution < -0.4 is 10.1 Å². The van der Waals surface area contributed by atoms with E-state index in [1.54, 1.807) is 6.07 Å². The average Bonchev–Trinajstić information content (AvgIpc) is 3.32. The number of halogens is 1. The molecule has 3 heterocycles. The van der Waals surface area contributed by atoms with Crippen LogP contribution in [0, 0.1) is 12.7 Å². The molecular weight excluding hydrogens is 397 g/mol. The number of benzene rings is 1. The van der Waals surface area contributed by atoms with Crippen molar-refractivity contribution in [3.8, 4) is 5.75 Å². The Balaban J connectivity index is 0.00000240. The van der Waals surface area contributed by atoms with Gasteiger partial charge in [0.1, 0.15) is 39.5 Å². The number of anilines is 2. The quantitative estimate of drug-likeness (QED) is 0.611. The molecule has 7 nitrogen and oxygen atoms in total. The molecule has 1 atom stereocenters. The summed E-state index contributed by atoms with van der Waals surface area (Å²) in [5.74, 6) is 0.0712. The minimum atomic E-state index is -0.418. The van der Waals surface area contributed by atoms with Crippen LogP contribution in [0.3, 0.4) is 0 Å². The molecule has 1 saturated heterocycles. The van der Waals surface area contributed by atoms with Crippen LogP contribution >= 0.6 is 11.3 Å². The number of hydrogen-bond donors (Lipinski definition) is 1. The highest BCUT2D eigenvalue weighted by Crippen LogP contribution is 2.37. The van der Waals surface area contributed by atoms with Gasteiger partial charge in [0.2, 0.25) is 0 Å². The van der Waals surface area contributed by atoms with E-state index >= 15 is 0 Å². The van der Waals surface area contributed by atoms with Gasteiger partial charge in [0.15, 0.2) is 0 Å². The maximum atomic E-state index is 13.8. The first-order valence-corrected chi connectivity index (χ1v) is 9.52. The number of nitrogens with one attached hydrogen (secondary N) is 1. The monoisotopic (exact) mass is 419 g/mol. The van der Waals surface area contributed by atoms with Gasteiger partial charge in [-0.15, -0.1) is 11.3 Å². The maximum Gasteiger partial charge on any atom is 0.348 e. The number of aromatic nitrogens is 2. The van der Waals surface area contributed by atoms with Gasteiger partial charge in [-0.3, -0.25) is 0 Å². The third-order valence-electron chi connectivity index (χ3n) is 4.48. The minimum absolute atomic E-state index is 0. The number of carbonyl (C=O) groups excluding carboxylic acids is 1. The molecule has 0 spiro atoms. The summed E-state index contributed by atoms with van der Waals surface area (Å²) in [6.45, 7) is 2.91. The molecule has 1 aliphatic rings. The number of fused-ring (bicyclic) bond motifs is 1. The largest absolute Gasteiger partial charge is 0.486 e. The van der Waals surface area contributed by atoms with E-state index in [-0.39, 0.29) is 13.5 Å². The lowest BCUT2D eigenvalue weighted by Gasteiger charge is -2.17. The van der Waals surface area contributed by atoms with Crippen molar-refractivity contribution < 1.29 is 23.4 Å². The molecule has 4 rings (SSSR count). The second kappa shape index (κ2) is 8.71. The maximum absolute atomic E-state index is 13.8. The second-order valence-corrected chi connectivity index (χ2v) is 7.32. The predicted octanol–water partition coefficient (Wildman–Crippen LogP) is 4.47. The number of ether oxygens (including phenoxy) is 3. The highest BCUT2D eigenvalue weighted by Gasteiger charge is 2.22. The normalized spacial score (nSPS) is 15.8. The van der Waals surface area contributed by atoms with Crippen LogP contribution in [0.15, 0.2) is 24.5 Å². The molecule has 0 saturated carbocycles. The highest BCUT2D eigenvalue weighted by atomic mass is 32.1. The highest BCUT2D eigenvalue weighted by molar-refractivity contribution is 7.20. The van der Waals surface area contributed by atoms with Crippen LogP contribution in [0.1, 0.15) is 29.1 Å². The van der Waals surface area contributed by atoms with Crippen molar-refractivity contribution in [3.63, 3.8) is 0 Å². The summed E-state index contributed by atoms with van der Waals surface area (Å²) in [5.41, 5.74) is 1.29. The summed E-state index contributed by atoms with van der Waals surface area (Å²) < 4.78 is 29.9. The zero-order valence-electron chi connectivity index (χ0n) is 15.3. The average molecular weight is 419 g/mol. The Hall–Kier alpha value is -2.78. The molecule has 0 bridgehead atoms. The van der Waals surface area contributed by atoms with Gasteiger partial charge in [-0.1, -0.05) is 7.43 Å². The lowest BCUT2D eigenvalue weighted by molar-refractivity contribution is 0.0605. The fourth-order valence-corrected chi connectivity index (χ4v) is 4.13. The van der Waals surface area contributed by atoms with Gasteiger partial charge >= 0.3 is 5.97 Å². The second-order valence-electron chi connectivity index (χ2n) is 6.32. The summed E-state index contributed by atoms with van der Waals surface area (Å²) in [4.78, 5) is 21.7. The molecule has 1 N–H and O–H groups in total. The fraction of sp³-hybridized carbons (Fsp3) is 0.350. The summed E-state index contributed by atoms with van der Waals surface area (Å²) >= 11 is 1.24. The SMILES string of the molecule is C.COC(=O)c1sc2ncnc(Nc3ccc(F)cc3O[C@H]3CCOC3)c2c1C. The first-order valence-electron chi connectivity index (χ1n) is 8.70. The van der Waals surface area contributed by atoms with Crippen molar-refractivity contribution in [1.82, 2.24) is 9.97 Å². The van der Waals surface area contributed by atoms with E-state index < -0.39 is 11.8 Å². The number of nitrogens with zero attached hydrogens (tertiary/aromatic N) is 2. The van der Waals surface area contributed by atoms with Crippen molar-refractivity contribution in [3.05, 3.63) is 40.8 Å². The van der Waals surface area contributed by atoms with Gasteiger partial charge in [-0.2, -0.15) is 0 Å². The summed E-state index contributed by atoms with van der Waals surface area (Å²) in [7, 11) is 1.34. The van der Waals surface area contributed by atoms with Gasteiger partial charge in [-0.05, 0) is 24.6 Å². The van der Waals surface area contributed by atoms with Crippen molar-refractivity contribution in [2.45, 2.75) is 26.9 Å². The first kappa shape index (κ1) is 20.9. The van der Waals surface area contributed by atoms with Crippen LogP contribution in [-0.4, -0.2) is 42.4 Å². The Morgan fingerprint density at radius 3 is 2.93 bits per heavy atom. The Labute approximate surface area is 171 Å². The van der Waals surface area contributed by atoms with Gasteiger partial charge in [0.25, 0.3) is 0 Å². The summed E-state index contributed by atoms with van der Waals surface area (Å²) in [6.07, 6.45) is 2.04. The Morgan fingerprint density at radius 2 is 2.21 bits per heavy atom. The topological polar surface area (TPSA) is 82.6 Å². The van der Waals surface area contributed by atoms with Crippen LogP contribution in [0.5, 0.6) is 5.75 Å². The zero-order valence-corrected chi connectivity index (χ0v) is 16.1. The Morgan fingerprint density at radius 1 is 1.38 bits per heavy atom. The van der Waals surface area contributed by atoms with Gasteiger partial charge in [0.05, 0.1) is 31.4 Å². The van der Waals surface area contributed by atoms with Crippen LogP contribution in [0.25, 0.3) is 10.2 Å². The number of carbonyl (C=O) groups is 1. The number of rotatable bonds is 5. The zero-order chi connectivity index (χ0) is 19.7. The summed E-state index contributed by atoms with van der Waals surface area (Å²) in [5, 5.41) is 3.91. The van der Waals surface area contributed by atoms with Crippen molar-refractivity contribution in [1.29, 1.82) is 0 Å². The van der Waals surface area contributed by atoms with E-state index in [9.17, 15) is 9.18 Å². The molecule has 154 valence electrons. The molecule has 1 aliphatic heterocycles. The summed E-state index contributed by atoms with van der Waals surface area (Å²) in [6, 6.07) is 4.27. The number of esters is 1. The molecular formula is C20H22FN3O4S. The number of thiophene rings is 1. The minimum Gasteiger partial charge on any atom is -0.486 e.